The Morgan fingerprint density at radius 3 is 1.39 bits per heavy atom. The average molecular weight is 432 g/mol. The molecule has 2 nitrogen and oxygen atoms in total. The summed E-state index contributed by atoms with van der Waals surface area (Å²) in [6.07, 6.45) is 0. The van der Waals surface area contributed by atoms with Gasteiger partial charge in [-0.1, -0.05) is 103 Å². The van der Waals surface area contributed by atoms with Crippen LogP contribution in [0.25, 0.3) is 33.4 Å². The van der Waals surface area contributed by atoms with E-state index in [9.17, 15) is 0 Å². The molecule has 0 spiro atoms. The van der Waals surface area contributed by atoms with Gasteiger partial charge >= 0.3 is 7.12 Å². The van der Waals surface area contributed by atoms with Crippen molar-refractivity contribution >= 4 is 12.6 Å². The van der Waals surface area contributed by atoms with Crippen LogP contribution in [-0.2, 0) is 9.31 Å². The summed E-state index contributed by atoms with van der Waals surface area (Å²) in [7, 11) is -0.447. The maximum Gasteiger partial charge on any atom is 0.495 e. The first kappa shape index (κ1) is 21.7. The zero-order valence-electron chi connectivity index (χ0n) is 19.7. The smallest absolute Gasteiger partial charge is 0.399 e. The van der Waals surface area contributed by atoms with E-state index in [2.05, 4.69) is 131 Å². The minimum Gasteiger partial charge on any atom is -0.399 e. The lowest BCUT2D eigenvalue weighted by molar-refractivity contribution is 0.00578. The number of hydrogen-bond donors (Lipinski definition) is 0. The van der Waals surface area contributed by atoms with E-state index in [1.54, 1.807) is 0 Å². The Morgan fingerprint density at radius 1 is 0.485 bits per heavy atom. The number of rotatable bonds is 4. The highest BCUT2D eigenvalue weighted by atomic mass is 16.7. The van der Waals surface area contributed by atoms with Crippen molar-refractivity contribution in [2.75, 3.05) is 0 Å². The Bertz CT molecular complexity index is 1230. The summed E-state index contributed by atoms with van der Waals surface area (Å²) in [6.45, 7) is 8.41. The van der Waals surface area contributed by atoms with Crippen molar-refractivity contribution in [1.29, 1.82) is 0 Å². The maximum atomic E-state index is 6.53. The molecule has 4 aromatic carbocycles. The lowest BCUT2D eigenvalue weighted by Crippen LogP contribution is -2.41. The Balaban J connectivity index is 1.82. The Kier molecular flexibility index (Phi) is 5.48. The van der Waals surface area contributed by atoms with Crippen LogP contribution in [0.1, 0.15) is 27.7 Å². The highest BCUT2D eigenvalue weighted by molar-refractivity contribution is 6.64. The molecular formula is C30H29BO2. The molecule has 33 heavy (non-hydrogen) atoms. The third kappa shape index (κ3) is 3.92. The van der Waals surface area contributed by atoms with Crippen LogP contribution >= 0.6 is 0 Å². The molecule has 0 radical (unpaired) electrons. The minimum absolute atomic E-state index is 0.406. The molecule has 3 heteroatoms. The second-order valence-corrected chi connectivity index (χ2v) is 9.64. The van der Waals surface area contributed by atoms with Crippen molar-refractivity contribution in [2.45, 2.75) is 38.9 Å². The fourth-order valence-corrected chi connectivity index (χ4v) is 4.46. The van der Waals surface area contributed by atoms with E-state index in [0.717, 1.165) is 16.6 Å². The van der Waals surface area contributed by atoms with E-state index >= 15 is 0 Å². The van der Waals surface area contributed by atoms with E-state index in [-0.39, 0.29) is 0 Å². The predicted octanol–water partition coefficient (Wildman–Crippen LogP) is 6.99. The summed E-state index contributed by atoms with van der Waals surface area (Å²) >= 11 is 0. The maximum absolute atomic E-state index is 6.53. The lowest BCUT2D eigenvalue weighted by atomic mass is 9.70. The van der Waals surface area contributed by atoms with Crippen LogP contribution in [0.2, 0.25) is 0 Å². The van der Waals surface area contributed by atoms with Crippen LogP contribution in [0, 0.1) is 0 Å². The quantitative estimate of drug-likeness (QED) is 0.324. The molecule has 4 aromatic rings. The van der Waals surface area contributed by atoms with E-state index in [0.29, 0.717) is 0 Å². The van der Waals surface area contributed by atoms with Gasteiger partial charge in [0.15, 0.2) is 0 Å². The summed E-state index contributed by atoms with van der Waals surface area (Å²) in [4.78, 5) is 0. The molecule has 0 N–H and O–H groups in total. The molecule has 1 fully saturated rings. The molecule has 0 unspecified atom stereocenters. The van der Waals surface area contributed by atoms with Crippen molar-refractivity contribution in [3.63, 3.8) is 0 Å². The van der Waals surface area contributed by atoms with Crippen molar-refractivity contribution in [1.82, 2.24) is 0 Å². The molecule has 0 saturated carbocycles. The molecule has 164 valence electrons. The SMILES string of the molecule is CC1(C)OB(c2ccc(-c3ccccc3)c(-c3ccccc3)c2-c2ccccc2)OC1(C)C. The first-order chi connectivity index (χ1) is 15.9. The van der Waals surface area contributed by atoms with Crippen LogP contribution in [0.4, 0.5) is 0 Å². The zero-order valence-corrected chi connectivity index (χ0v) is 19.7. The number of benzene rings is 4. The lowest BCUT2D eigenvalue weighted by Gasteiger charge is -2.32. The van der Waals surface area contributed by atoms with Crippen molar-refractivity contribution < 1.29 is 9.31 Å². The minimum atomic E-state index is -0.447. The highest BCUT2D eigenvalue weighted by Crippen LogP contribution is 2.42. The van der Waals surface area contributed by atoms with Gasteiger partial charge < -0.3 is 9.31 Å². The van der Waals surface area contributed by atoms with Gasteiger partial charge in [0, 0.05) is 0 Å². The molecule has 5 rings (SSSR count). The summed E-state index contributed by atoms with van der Waals surface area (Å²) in [5.74, 6) is 0. The van der Waals surface area contributed by atoms with Gasteiger partial charge in [-0.25, -0.2) is 0 Å². The van der Waals surface area contributed by atoms with E-state index in [1.165, 1.54) is 22.3 Å². The molecule has 0 aliphatic carbocycles. The molecule has 0 bridgehead atoms. The zero-order chi connectivity index (χ0) is 23.1. The van der Waals surface area contributed by atoms with E-state index in [4.69, 9.17) is 9.31 Å². The third-order valence-electron chi connectivity index (χ3n) is 6.95. The first-order valence-corrected chi connectivity index (χ1v) is 11.6. The van der Waals surface area contributed by atoms with Crippen LogP contribution in [-0.4, -0.2) is 18.3 Å². The van der Waals surface area contributed by atoms with Gasteiger partial charge in [0.1, 0.15) is 0 Å². The summed E-state index contributed by atoms with van der Waals surface area (Å²) in [6, 6.07) is 36.2. The Hall–Kier alpha value is -3.14. The van der Waals surface area contributed by atoms with Crippen molar-refractivity contribution in [3.8, 4) is 33.4 Å². The monoisotopic (exact) mass is 432 g/mol. The second kappa shape index (κ2) is 8.33. The molecule has 1 saturated heterocycles. The first-order valence-electron chi connectivity index (χ1n) is 11.6. The molecule has 1 heterocycles. The van der Waals surface area contributed by atoms with Crippen LogP contribution < -0.4 is 5.46 Å². The normalized spacial score (nSPS) is 16.7. The third-order valence-corrected chi connectivity index (χ3v) is 6.95. The van der Waals surface area contributed by atoms with Gasteiger partial charge in [-0.2, -0.15) is 0 Å². The Labute approximate surface area is 197 Å². The fourth-order valence-electron chi connectivity index (χ4n) is 4.46. The van der Waals surface area contributed by atoms with E-state index in [1.807, 2.05) is 0 Å². The Morgan fingerprint density at radius 2 is 0.909 bits per heavy atom. The van der Waals surface area contributed by atoms with Gasteiger partial charge in [0.25, 0.3) is 0 Å². The summed E-state index contributed by atoms with van der Waals surface area (Å²) < 4.78 is 13.1. The molecule has 0 atom stereocenters. The fraction of sp³-hybridized carbons (Fsp3) is 0.200. The topological polar surface area (TPSA) is 18.5 Å². The van der Waals surface area contributed by atoms with Gasteiger partial charge in [-0.3, -0.25) is 0 Å². The molecule has 0 amide bonds. The standard InChI is InChI=1S/C30H29BO2/c1-29(2)30(3,4)33-31(32-29)26-21-20-25(22-14-8-5-9-15-22)27(23-16-10-6-11-17-23)28(26)24-18-12-7-13-19-24/h5-21H,1-4H3. The summed E-state index contributed by atoms with van der Waals surface area (Å²) in [5, 5.41) is 0. The van der Waals surface area contributed by atoms with Crippen LogP contribution in [0.3, 0.4) is 0 Å². The summed E-state index contributed by atoms with van der Waals surface area (Å²) in [5.41, 5.74) is 7.30. The largest absolute Gasteiger partial charge is 0.495 e. The molecule has 0 aromatic heterocycles. The van der Waals surface area contributed by atoms with Crippen LogP contribution in [0.5, 0.6) is 0 Å². The molecular weight excluding hydrogens is 403 g/mol. The highest BCUT2D eigenvalue weighted by Gasteiger charge is 2.52. The molecule has 1 aliphatic heterocycles. The average Bonchev–Trinajstić information content (AvgIpc) is 3.06. The van der Waals surface area contributed by atoms with Crippen molar-refractivity contribution in [2.24, 2.45) is 0 Å². The van der Waals surface area contributed by atoms with Crippen molar-refractivity contribution in [3.05, 3.63) is 103 Å². The molecule has 1 aliphatic rings. The van der Waals surface area contributed by atoms with Gasteiger partial charge in [-0.15, -0.1) is 0 Å². The van der Waals surface area contributed by atoms with Gasteiger partial charge in [-0.05, 0) is 66.5 Å². The van der Waals surface area contributed by atoms with Gasteiger partial charge in [0.2, 0.25) is 0 Å². The van der Waals surface area contributed by atoms with E-state index < -0.39 is 18.3 Å². The predicted molar refractivity (Wildman–Crippen MR) is 138 cm³/mol. The van der Waals surface area contributed by atoms with Crippen LogP contribution in [0.15, 0.2) is 103 Å². The number of hydrogen-bond acceptors (Lipinski definition) is 2. The van der Waals surface area contributed by atoms with Gasteiger partial charge in [0.05, 0.1) is 11.2 Å². The second-order valence-electron chi connectivity index (χ2n) is 9.64.